The number of nitrogens with one attached hydrogen (secondary N) is 1. The number of fused-ring (bicyclic) bond motifs is 1. The highest BCUT2D eigenvalue weighted by atomic mass is 15.4. The van der Waals surface area contributed by atoms with Gasteiger partial charge in [-0.2, -0.15) is 10.1 Å². The number of rotatable bonds is 2. The zero-order chi connectivity index (χ0) is 15.8. The molecule has 1 aliphatic rings. The number of aryl methyl sites for hydroxylation is 2. The summed E-state index contributed by atoms with van der Waals surface area (Å²) >= 11 is 0. The van der Waals surface area contributed by atoms with Crippen LogP contribution in [-0.4, -0.2) is 14.8 Å². The molecular formula is C19H20N4. The zero-order valence-corrected chi connectivity index (χ0v) is 13.4. The van der Waals surface area contributed by atoms with Crippen LogP contribution in [0.1, 0.15) is 40.8 Å². The Labute approximate surface area is 136 Å². The van der Waals surface area contributed by atoms with E-state index in [1.165, 1.54) is 22.3 Å². The van der Waals surface area contributed by atoms with Crippen molar-refractivity contribution in [2.24, 2.45) is 0 Å². The predicted molar refractivity (Wildman–Crippen MR) is 91.5 cm³/mol. The number of hydrogen-bond donors (Lipinski definition) is 1. The first-order valence-electron chi connectivity index (χ1n) is 8.00. The molecule has 1 N–H and O–H groups in total. The van der Waals surface area contributed by atoms with Crippen LogP contribution >= 0.6 is 0 Å². The summed E-state index contributed by atoms with van der Waals surface area (Å²) in [5.74, 6) is 0.840. The van der Waals surface area contributed by atoms with E-state index in [2.05, 4.69) is 77.8 Å². The maximum Gasteiger partial charge on any atom is 0.222 e. The summed E-state index contributed by atoms with van der Waals surface area (Å²) in [7, 11) is 0. The zero-order valence-electron chi connectivity index (χ0n) is 13.4. The van der Waals surface area contributed by atoms with Crippen LogP contribution in [0.2, 0.25) is 0 Å². The third-order valence-electron chi connectivity index (χ3n) is 4.57. The first kappa shape index (κ1) is 14.0. The van der Waals surface area contributed by atoms with Crippen LogP contribution in [-0.2, 0) is 0 Å². The van der Waals surface area contributed by atoms with E-state index >= 15 is 0 Å². The molecule has 0 spiro atoms. The lowest BCUT2D eigenvalue weighted by atomic mass is 9.92. The first-order valence-corrected chi connectivity index (χ1v) is 8.00. The molecule has 2 atom stereocenters. The van der Waals surface area contributed by atoms with E-state index in [0.717, 1.165) is 12.4 Å². The van der Waals surface area contributed by atoms with E-state index in [1.807, 2.05) is 4.68 Å². The Morgan fingerprint density at radius 3 is 2.17 bits per heavy atom. The smallest absolute Gasteiger partial charge is 0.222 e. The Balaban J connectivity index is 1.71. The molecule has 3 aromatic rings. The van der Waals surface area contributed by atoms with Gasteiger partial charge < -0.3 is 5.32 Å². The van der Waals surface area contributed by atoms with E-state index in [0.29, 0.717) is 0 Å². The molecule has 1 aliphatic heterocycles. The van der Waals surface area contributed by atoms with E-state index in [-0.39, 0.29) is 12.1 Å². The summed E-state index contributed by atoms with van der Waals surface area (Å²) in [5, 5.41) is 7.94. The summed E-state index contributed by atoms with van der Waals surface area (Å²) < 4.78 is 2.00. The standard InChI is InChI=1S/C19H20N4/c1-13-3-7-15(8-4-13)17-11-18(16-9-5-14(2)6-10-16)23-19(22-17)20-12-21-23/h3-10,12,17-18H,11H2,1-2H3,(H,20,21,22). The van der Waals surface area contributed by atoms with Gasteiger partial charge in [0.2, 0.25) is 5.95 Å². The van der Waals surface area contributed by atoms with Crippen LogP contribution in [0.4, 0.5) is 5.95 Å². The van der Waals surface area contributed by atoms with Gasteiger partial charge in [-0.15, -0.1) is 0 Å². The number of hydrogen-bond acceptors (Lipinski definition) is 3. The maximum absolute atomic E-state index is 4.42. The fraction of sp³-hybridized carbons (Fsp3) is 0.263. The summed E-state index contributed by atoms with van der Waals surface area (Å²) in [4.78, 5) is 4.38. The molecule has 0 saturated carbocycles. The minimum atomic E-state index is 0.209. The van der Waals surface area contributed by atoms with Gasteiger partial charge in [0.15, 0.2) is 0 Å². The lowest BCUT2D eigenvalue weighted by molar-refractivity contribution is 0.431. The van der Waals surface area contributed by atoms with Gasteiger partial charge in [-0.25, -0.2) is 4.68 Å². The average molecular weight is 304 g/mol. The Kier molecular flexibility index (Phi) is 3.37. The van der Waals surface area contributed by atoms with Crippen molar-refractivity contribution in [2.45, 2.75) is 32.4 Å². The van der Waals surface area contributed by atoms with Crippen molar-refractivity contribution in [1.82, 2.24) is 14.8 Å². The van der Waals surface area contributed by atoms with E-state index in [1.54, 1.807) is 6.33 Å². The number of aromatic nitrogens is 3. The van der Waals surface area contributed by atoms with Crippen LogP contribution in [0.15, 0.2) is 54.9 Å². The van der Waals surface area contributed by atoms with Crippen molar-refractivity contribution < 1.29 is 0 Å². The second kappa shape index (κ2) is 5.54. The van der Waals surface area contributed by atoms with Gasteiger partial charge in [0.1, 0.15) is 6.33 Å². The van der Waals surface area contributed by atoms with Crippen molar-refractivity contribution in [3.05, 3.63) is 77.1 Å². The number of anilines is 1. The summed E-state index contributed by atoms with van der Waals surface area (Å²) in [6.45, 7) is 4.23. The Hall–Kier alpha value is -2.62. The predicted octanol–water partition coefficient (Wildman–Crippen LogP) is 4.04. The molecule has 2 heterocycles. The van der Waals surface area contributed by atoms with Gasteiger partial charge >= 0.3 is 0 Å². The summed E-state index contributed by atoms with van der Waals surface area (Å²) in [6, 6.07) is 17.9. The normalized spacial score (nSPS) is 19.9. The van der Waals surface area contributed by atoms with Crippen molar-refractivity contribution in [1.29, 1.82) is 0 Å². The third kappa shape index (κ3) is 2.61. The van der Waals surface area contributed by atoms with Crippen molar-refractivity contribution in [2.75, 3.05) is 5.32 Å². The number of benzene rings is 2. The molecule has 0 radical (unpaired) electrons. The molecule has 1 aromatic heterocycles. The van der Waals surface area contributed by atoms with E-state index in [9.17, 15) is 0 Å². The monoisotopic (exact) mass is 304 g/mol. The molecule has 116 valence electrons. The minimum Gasteiger partial charge on any atom is -0.348 e. The highest BCUT2D eigenvalue weighted by molar-refractivity contribution is 5.39. The van der Waals surface area contributed by atoms with Crippen LogP contribution in [0.3, 0.4) is 0 Å². The maximum atomic E-state index is 4.42. The van der Waals surface area contributed by atoms with E-state index < -0.39 is 0 Å². The molecule has 23 heavy (non-hydrogen) atoms. The van der Waals surface area contributed by atoms with Crippen LogP contribution < -0.4 is 5.32 Å². The van der Waals surface area contributed by atoms with Crippen LogP contribution in [0, 0.1) is 13.8 Å². The van der Waals surface area contributed by atoms with Gasteiger partial charge in [0.05, 0.1) is 12.1 Å². The van der Waals surface area contributed by atoms with Gasteiger partial charge in [-0.05, 0) is 31.4 Å². The van der Waals surface area contributed by atoms with Crippen LogP contribution in [0.5, 0.6) is 0 Å². The Morgan fingerprint density at radius 2 is 1.52 bits per heavy atom. The lowest BCUT2D eigenvalue weighted by Crippen LogP contribution is -2.28. The topological polar surface area (TPSA) is 42.7 Å². The molecule has 4 rings (SSSR count). The number of nitrogens with zero attached hydrogens (tertiary/aromatic N) is 3. The highest BCUT2D eigenvalue weighted by Crippen LogP contribution is 2.37. The molecular weight excluding hydrogens is 284 g/mol. The molecule has 0 aliphatic carbocycles. The molecule has 0 saturated heterocycles. The minimum absolute atomic E-state index is 0.209. The van der Waals surface area contributed by atoms with Gasteiger partial charge in [-0.3, -0.25) is 0 Å². The largest absolute Gasteiger partial charge is 0.348 e. The molecule has 0 amide bonds. The van der Waals surface area contributed by atoms with Crippen molar-refractivity contribution in [3.8, 4) is 0 Å². The Bertz CT molecular complexity index is 802. The summed E-state index contributed by atoms with van der Waals surface area (Å²) in [5.41, 5.74) is 5.13. The van der Waals surface area contributed by atoms with E-state index in [4.69, 9.17) is 0 Å². The molecule has 2 unspecified atom stereocenters. The fourth-order valence-corrected chi connectivity index (χ4v) is 3.20. The summed E-state index contributed by atoms with van der Waals surface area (Å²) in [6.07, 6.45) is 2.59. The quantitative estimate of drug-likeness (QED) is 0.777. The molecule has 4 heteroatoms. The van der Waals surface area contributed by atoms with Gasteiger partial charge in [0.25, 0.3) is 0 Å². The highest BCUT2D eigenvalue weighted by Gasteiger charge is 2.29. The second-order valence-corrected chi connectivity index (χ2v) is 6.30. The lowest BCUT2D eigenvalue weighted by Gasteiger charge is -2.32. The SMILES string of the molecule is Cc1ccc(C2CC(c3ccc(C)cc3)n3ncnc3N2)cc1. The Morgan fingerprint density at radius 1 is 0.913 bits per heavy atom. The second-order valence-electron chi connectivity index (χ2n) is 6.30. The van der Waals surface area contributed by atoms with Crippen molar-refractivity contribution >= 4 is 5.95 Å². The van der Waals surface area contributed by atoms with Crippen molar-refractivity contribution in [3.63, 3.8) is 0 Å². The molecule has 0 fully saturated rings. The molecule has 2 aromatic carbocycles. The fourth-order valence-electron chi connectivity index (χ4n) is 3.20. The average Bonchev–Trinajstić information content (AvgIpc) is 3.04. The van der Waals surface area contributed by atoms with Gasteiger partial charge in [0, 0.05) is 0 Å². The third-order valence-corrected chi connectivity index (χ3v) is 4.57. The van der Waals surface area contributed by atoms with Gasteiger partial charge in [-0.1, -0.05) is 59.7 Å². The molecule has 0 bridgehead atoms. The molecule has 4 nitrogen and oxygen atoms in total. The van der Waals surface area contributed by atoms with Crippen LogP contribution in [0.25, 0.3) is 0 Å². The first-order chi connectivity index (χ1) is 11.2.